The predicted molar refractivity (Wildman–Crippen MR) is 114 cm³/mol. The molecule has 7 nitrogen and oxygen atoms in total. The van der Waals surface area contributed by atoms with Crippen LogP contribution in [0.15, 0.2) is 42.5 Å². The number of methoxy groups -OCH3 is 2. The molecule has 1 aliphatic rings. The third-order valence-electron chi connectivity index (χ3n) is 5.05. The summed E-state index contributed by atoms with van der Waals surface area (Å²) in [5, 5.41) is 2.91. The van der Waals surface area contributed by atoms with Gasteiger partial charge in [0.1, 0.15) is 5.75 Å². The second-order valence-electron chi connectivity index (χ2n) is 7.25. The first-order valence-electron chi connectivity index (χ1n) is 10.0. The second kappa shape index (κ2) is 10.0. The summed E-state index contributed by atoms with van der Waals surface area (Å²) < 4.78 is 16.2. The summed E-state index contributed by atoms with van der Waals surface area (Å²) >= 11 is 0. The Labute approximate surface area is 176 Å². The van der Waals surface area contributed by atoms with E-state index in [1.807, 2.05) is 31.2 Å². The van der Waals surface area contributed by atoms with Crippen LogP contribution in [0.25, 0.3) is 0 Å². The Balaban J connectivity index is 1.47. The molecule has 2 aromatic rings. The van der Waals surface area contributed by atoms with Gasteiger partial charge in [-0.15, -0.1) is 0 Å². The maximum Gasteiger partial charge on any atom is 0.227 e. The Morgan fingerprint density at radius 2 is 1.93 bits per heavy atom. The van der Waals surface area contributed by atoms with E-state index < -0.39 is 0 Å². The molecule has 3 rings (SSSR count). The quantitative estimate of drug-likeness (QED) is 0.641. The number of rotatable bonds is 9. The maximum absolute atomic E-state index is 12.5. The summed E-state index contributed by atoms with van der Waals surface area (Å²) in [6.07, 6.45) is 0.889. The summed E-state index contributed by atoms with van der Waals surface area (Å²) in [4.78, 5) is 26.6. The Morgan fingerprint density at radius 1 is 1.13 bits per heavy atom. The van der Waals surface area contributed by atoms with E-state index in [1.165, 1.54) is 0 Å². The SMILES string of the molecule is COc1ccc(N2CC(C(=O)NCCCOc3cccc(C)c3)CC2=O)cc1OC. The van der Waals surface area contributed by atoms with Crippen molar-refractivity contribution >= 4 is 17.5 Å². The van der Waals surface area contributed by atoms with Gasteiger partial charge in [0, 0.05) is 31.3 Å². The lowest BCUT2D eigenvalue weighted by Gasteiger charge is -2.18. The number of nitrogens with one attached hydrogen (secondary N) is 1. The van der Waals surface area contributed by atoms with Crippen LogP contribution < -0.4 is 24.4 Å². The highest BCUT2D eigenvalue weighted by molar-refractivity contribution is 6.00. The monoisotopic (exact) mass is 412 g/mol. The zero-order valence-electron chi connectivity index (χ0n) is 17.6. The molecule has 1 unspecified atom stereocenters. The van der Waals surface area contributed by atoms with E-state index in [2.05, 4.69) is 5.32 Å². The number of hydrogen-bond acceptors (Lipinski definition) is 5. The summed E-state index contributed by atoms with van der Waals surface area (Å²) in [7, 11) is 3.11. The fraction of sp³-hybridized carbons (Fsp3) is 0.391. The van der Waals surface area contributed by atoms with Crippen LogP contribution in [0, 0.1) is 12.8 Å². The first kappa shape index (κ1) is 21.5. The Hall–Kier alpha value is -3.22. The van der Waals surface area contributed by atoms with E-state index in [0.717, 1.165) is 11.3 Å². The van der Waals surface area contributed by atoms with Gasteiger partial charge in [0.05, 0.1) is 26.7 Å². The highest BCUT2D eigenvalue weighted by Crippen LogP contribution is 2.34. The number of benzene rings is 2. The lowest BCUT2D eigenvalue weighted by Crippen LogP contribution is -2.34. The number of carbonyl (C=O) groups excluding carboxylic acids is 2. The number of carbonyl (C=O) groups is 2. The first-order valence-corrected chi connectivity index (χ1v) is 10.0. The zero-order chi connectivity index (χ0) is 21.5. The minimum absolute atomic E-state index is 0.0786. The molecular weight excluding hydrogens is 384 g/mol. The third kappa shape index (κ3) is 5.23. The van der Waals surface area contributed by atoms with Gasteiger partial charge in [-0.3, -0.25) is 9.59 Å². The van der Waals surface area contributed by atoms with Crippen LogP contribution in [0.5, 0.6) is 17.2 Å². The van der Waals surface area contributed by atoms with Crippen LogP contribution in [0.2, 0.25) is 0 Å². The summed E-state index contributed by atoms with van der Waals surface area (Å²) in [5.41, 5.74) is 1.84. The molecule has 30 heavy (non-hydrogen) atoms. The number of amides is 2. The van der Waals surface area contributed by atoms with E-state index in [-0.39, 0.29) is 24.2 Å². The van der Waals surface area contributed by atoms with Crippen LogP contribution in [0.4, 0.5) is 5.69 Å². The van der Waals surface area contributed by atoms with Crippen molar-refractivity contribution in [1.82, 2.24) is 5.32 Å². The van der Waals surface area contributed by atoms with Gasteiger partial charge in [0.15, 0.2) is 11.5 Å². The molecular formula is C23H28N2O5. The highest BCUT2D eigenvalue weighted by Gasteiger charge is 2.35. The first-order chi connectivity index (χ1) is 14.5. The Morgan fingerprint density at radius 3 is 2.67 bits per heavy atom. The number of nitrogens with zero attached hydrogens (tertiary/aromatic N) is 1. The Bertz CT molecular complexity index is 899. The second-order valence-corrected chi connectivity index (χ2v) is 7.25. The van der Waals surface area contributed by atoms with E-state index in [4.69, 9.17) is 14.2 Å². The van der Waals surface area contributed by atoms with Crippen molar-refractivity contribution < 1.29 is 23.8 Å². The molecule has 0 aromatic heterocycles. The molecule has 1 fully saturated rings. The van der Waals surface area contributed by atoms with Gasteiger partial charge < -0.3 is 24.4 Å². The van der Waals surface area contributed by atoms with Gasteiger partial charge in [0.25, 0.3) is 0 Å². The van der Waals surface area contributed by atoms with Crippen molar-refractivity contribution in [1.29, 1.82) is 0 Å². The van der Waals surface area contributed by atoms with Crippen LogP contribution in [-0.2, 0) is 9.59 Å². The largest absolute Gasteiger partial charge is 0.494 e. The molecule has 1 saturated heterocycles. The number of aryl methyl sites for hydroxylation is 1. The molecule has 0 radical (unpaired) electrons. The van der Waals surface area contributed by atoms with Gasteiger partial charge in [0.2, 0.25) is 11.8 Å². The van der Waals surface area contributed by atoms with Gasteiger partial charge in [-0.25, -0.2) is 0 Å². The maximum atomic E-state index is 12.5. The van der Waals surface area contributed by atoms with E-state index in [1.54, 1.807) is 37.3 Å². The summed E-state index contributed by atoms with van der Waals surface area (Å²) in [6.45, 7) is 3.39. The van der Waals surface area contributed by atoms with Gasteiger partial charge in [-0.2, -0.15) is 0 Å². The molecule has 0 spiro atoms. The molecule has 1 atom stereocenters. The van der Waals surface area contributed by atoms with Gasteiger partial charge in [-0.1, -0.05) is 12.1 Å². The molecule has 0 bridgehead atoms. The number of anilines is 1. The van der Waals surface area contributed by atoms with E-state index in [9.17, 15) is 9.59 Å². The Kier molecular flexibility index (Phi) is 7.17. The standard InChI is InChI=1S/C23H28N2O5/c1-16-6-4-7-19(12-16)30-11-5-10-24-23(27)17-13-22(26)25(15-17)18-8-9-20(28-2)21(14-18)29-3/h4,6-9,12,14,17H,5,10-11,13,15H2,1-3H3,(H,24,27). The third-order valence-corrected chi connectivity index (χ3v) is 5.05. The van der Waals surface area contributed by atoms with Crippen molar-refractivity contribution in [3.8, 4) is 17.2 Å². The topological polar surface area (TPSA) is 77.1 Å². The lowest BCUT2D eigenvalue weighted by molar-refractivity contribution is -0.126. The molecule has 7 heteroatoms. The van der Waals surface area contributed by atoms with Crippen LogP contribution >= 0.6 is 0 Å². The molecule has 1 N–H and O–H groups in total. The minimum Gasteiger partial charge on any atom is -0.494 e. The molecule has 1 aliphatic heterocycles. The fourth-order valence-electron chi connectivity index (χ4n) is 3.45. The van der Waals surface area contributed by atoms with Crippen LogP contribution in [0.1, 0.15) is 18.4 Å². The van der Waals surface area contributed by atoms with Crippen LogP contribution in [-0.4, -0.2) is 45.7 Å². The number of ether oxygens (including phenoxy) is 3. The van der Waals surface area contributed by atoms with Crippen molar-refractivity contribution in [2.45, 2.75) is 19.8 Å². The molecule has 0 saturated carbocycles. The molecule has 0 aliphatic carbocycles. The van der Waals surface area contributed by atoms with Crippen molar-refractivity contribution in [2.75, 3.05) is 38.8 Å². The van der Waals surface area contributed by atoms with Gasteiger partial charge >= 0.3 is 0 Å². The van der Waals surface area contributed by atoms with E-state index in [0.29, 0.717) is 43.3 Å². The highest BCUT2D eigenvalue weighted by atomic mass is 16.5. The molecule has 160 valence electrons. The average Bonchev–Trinajstić information content (AvgIpc) is 3.14. The molecule has 1 heterocycles. The zero-order valence-corrected chi connectivity index (χ0v) is 17.6. The van der Waals surface area contributed by atoms with Crippen LogP contribution in [0.3, 0.4) is 0 Å². The van der Waals surface area contributed by atoms with E-state index >= 15 is 0 Å². The smallest absolute Gasteiger partial charge is 0.227 e. The predicted octanol–water partition coefficient (Wildman–Crippen LogP) is 2.95. The average molecular weight is 412 g/mol. The fourth-order valence-corrected chi connectivity index (χ4v) is 3.45. The lowest BCUT2D eigenvalue weighted by atomic mass is 10.1. The summed E-state index contributed by atoms with van der Waals surface area (Å²) in [5.74, 6) is 1.41. The number of hydrogen-bond donors (Lipinski definition) is 1. The van der Waals surface area contributed by atoms with Crippen molar-refractivity contribution in [3.05, 3.63) is 48.0 Å². The normalized spacial score (nSPS) is 15.8. The molecule has 2 aromatic carbocycles. The minimum atomic E-state index is -0.372. The van der Waals surface area contributed by atoms with Crippen molar-refractivity contribution in [2.24, 2.45) is 5.92 Å². The van der Waals surface area contributed by atoms with Gasteiger partial charge in [-0.05, 0) is 43.2 Å². The summed E-state index contributed by atoms with van der Waals surface area (Å²) in [6, 6.07) is 13.2. The van der Waals surface area contributed by atoms with Crippen molar-refractivity contribution in [3.63, 3.8) is 0 Å². The molecule has 2 amide bonds.